The molecule has 0 amide bonds. The van der Waals surface area contributed by atoms with Gasteiger partial charge in [0.15, 0.2) is 5.60 Å². The number of esters is 1. The van der Waals surface area contributed by atoms with Gasteiger partial charge in [0.05, 0.1) is 6.10 Å². The van der Waals surface area contributed by atoms with Crippen LogP contribution in [0.15, 0.2) is 11.6 Å². The van der Waals surface area contributed by atoms with Crippen molar-refractivity contribution in [3.8, 4) is 0 Å². The van der Waals surface area contributed by atoms with Gasteiger partial charge in [0.2, 0.25) is 5.78 Å². The quantitative estimate of drug-likeness (QED) is 0.222. The Morgan fingerprint density at radius 2 is 1.55 bits per heavy atom. The number of carbonyl (C=O) groups is 2. The Labute approximate surface area is 233 Å². The van der Waals surface area contributed by atoms with Gasteiger partial charge in [-0.1, -0.05) is 73.5 Å². The Kier molecular flexibility index (Phi) is 7.87. The second-order valence-corrected chi connectivity index (χ2v) is 14.7. The van der Waals surface area contributed by atoms with Crippen LogP contribution in [0.4, 0.5) is 0 Å². The van der Waals surface area contributed by atoms with Crippen LogP contribution in [0, 0.1) is 33.0 Å². The van der Waals surface area contributed by atoms with Crippen LogP contribution in [-0.4, -0.2) is 30.1 Å². The minimum absolute atomic E-state index is 0.0109. The summed E-state index contributed by atoms with van der Waals surface area (Å²) in [5, 5.41) is 0. The van der Waals surface area contributed by atoms with Gasteiger partial charge in [-0.3, -0.25) is 9.59 Å². The zero-order chi connectivity index (χ0) is 28.2. The lowest BCUT2D eigenvalue weighted by molar-refractivity contribution is -0.252. The van der Waals surface area contributed by atoms with Crippen molar-refractivity contribution in [1.82, 2.24) is 0 Å². The predicted octanol–water partition coefficient (Wildman–Crippen LogP) is 8.61. The molecule has 0 aromatic rings. The zero-order valence-corrected chi connectivity index (χ0v) is 26.1. The third-order valence-electron chi connectivity index (χ3n) is 13.6. The fourth-order valence-corrected chi connectivity index (χ4v) is 9.96. The van der Waals surface area contributed by atoms with Crippen molar-refractivity contribution < 1.29 is 19.1 Å². The summed E-state index contributed by atoms with van der Waals surface area (Å²) in [6, 6.07) is 0. The molecular formula is C34H56O4. The average molecular weight is 529 g/mol. The maximum atomic E-state index is 14.3. The molecule has 4 heteroatoms. The van der Waals surface area contributed by atoms with Crippen LogP contribution in [0.2, 0.25) is 0 Å². The Balaban J connectivity index is 1.78. The van der Waals surface area contributed by atoms with Crippen LogP contribution in [0.1, 0.15) is 139 Å². The standard InChI is InChI=1S/C34H56O4/c1-10-12-13-28(36)38-34(27(35)23-37-25(4)11-2)21-20-32(8)31(7)17-15-26-22-24(3)14-16-29(26,5)30(31,6)18-19-33(32,34)9/h22,24-25H,10-21,23H2,1-9H3/t24?,25?,29-,30+,31+,32-,33?,34-/m0/s1. The molecule has 4 rings (SSSR count). The first kappa shape index (κ1) is 29.8. The lowest BCUT2D eigenvalue weighted by Gasteiger charge is -2.74. The number of fused-ring (bicyclic) bond motifs is 5. The van der Waals surface area contributed by atoms with E-state index in [9.17, 15) is 9.59 Å². The van der Waals surface area contributed by atoms with E-state index < -0.39 is 11.0 Å². The molecule has 216 valence electrons. The van der Waals surface area contributed by atoms with Crippen molar-refractivity contribution in [2.24, 2.45) is 33.0 Å². The number of Topliss-reactive ketones (excluding diaryl/α,β-unsaturated/α-hetero) is 1. The molecule has 4 aliphatic rings. The fourth-order valence-electron chi connectivity index (χ4n) is 9.96. The van der Waals surface area contributed by atoms with Crippen LogP contribution in [0.3, 0.4) is 0 Å². The summed E-state index contributed by atoms with van der Waals surface area (Å²) in [4.78, 5) is 27.5. The second kappa shape index (κ2) is 10.0. The highest BCUT2D eigenvalue weighted by Gasteiger charge is 2.79. The lowest BCUT2D eigenvalue weighted by Crippen LogP contribution is -2.70. The van der Waals surface area contributed by atoms with Gasteiger partial charge in [-0.15, -0.1) is 0 Å². The number of ether oxygens (including phenoxy) is 2. The average Bonchev–Trinajstić information content (AvgIpc) is 3.12. The monoisotopic (exact) mass is 528 g/mol. The molecule has 0 N–H and O–H groups in total. The number of rotatable bonds is 9. The molecule has 3 saturated carbocycles. The van der Waals surface area contributed by atoms with E-state index in [-0.39, 0.29) is 46.1 Å². The molecule has 0 saturated heterocycles. The maximum absolute atomic E-state index is 14.3. The van der Waals surface area contributed by atoms with Gasteiger partial charge in [-0.05, 0) is 98.7 Å². The topological polar surface area (TPSA) is 52.6 Å². The number of ketones is 1. The van der Waals surface area contributed by atoms with Gasteiger partial charge < -0.3 is 9.47 Å². The van der Waals surface area contributed by atoms with Crippen molar-refractivity contribution in [2.45, 2.75) is 151 Å². The molecular weight excluding hydrogens is 472 g/mol. The molecule has 38 heavy (non-hydrogen) atoms. The van der Waals surface area contributed by atoms with E-state index in [1.807, 2.05) is 6.92 Å². The predicted molar refractivity (Wildman–Crippen MR) is 154 cm³/mol. The normalized spacial score (nSPS) is 44.9. The molecule has 4 aliphatic carbocycles. The van der Waals surface area contributed by atoms with Crippen molar-refractivity contribution >= 4 is 11.8 Å². The Morgan fingerprint density at radius 1 is 0.921 bits per heavy atom. The molecule has 3 fully saturated rings. The van der Waals surface area contributed by atoms with E-state index in [1.165, 1.54) is 12.8 Å². The van der Waals surface area contributed by atoms with Gasteiger partial charge in [0, 0.05) is 11.8 Å². The van der Waals surface area contributed by atoms with Crippen molar-refractivity contribution in [3.63, 3.8) is 0 Å². The number of hydrogen-bond donors (Lipinski definition) is 0. The first-order valence-electron chi connectivity index (χ1n) is 15.8. The van der Waals surface area contributed by atoms with Gasteiger partial charge in [0.25, 0.3) is 0 Å². The molecule has 0 bridgehead atoms. The molecule has 0 spiro atoms. The fraction of sp³-hybridized carbons (Fsp3) is 0.882. The van der Waals surface area contributed by atoms with E-state index >= 15 is 0 Å². The Hall–Kier alpha value is -1.16. The molecule has 0 radical (unpaired) electrons. The molecule has 0 aromatic carbocycles. The highest BCUT2D eigenvalue weighted by atomic mass is 16.6. The van der Waals surface area contributed by atoms with Crippen LogP contribution in [0.5, 0.6) is 0 Å². The van der Waals surface area contributed by atoms with Crippen molar-refractivity contribution in [2.75, 3.05) is 6.61 Å². The zero-order valence-electron chi connectivity index (χ0n) is 26.1. The van der Waals surface area contributed by atoms with Gasteiger partial charge in [-0.25, -0.2) is 0 Å². The minimum atomic E-state index is -1.11. The van der Waals surface area contributed by atoms with E-state index in [2.05, 4.69) is 61.5 Å². The van der Waals surface area contributed by atoms with Crippen LogP contribution in [-0.2, 0) is 19.1 Å². The van der Waals surface area contributed by atoms with Crippen LogP contribution in [0.25, 0.3) is 0 Å². The SMILES string of the molecule is CCCCC(=O)O[C@]1(C(=O)COC(C)CC)CC[C@]2(C)C1(C)CC[C@@]1(C)[C@@]2(C)CCC2=CC(C)CC[C@@]21C. The summed E-state index contributed by atoms with van der Waals surface area (Å²) in [5.41, 5.74) is 0.377. The van der Waals surface area contributed by atoms with Gasteiger partial charge in [0.1, 0.15) is 6.61 Å². The summed E-state index contributed by atoms with van der Waals surface area (Å²) < 4.78 is 12.5. The van der Waals surface area contributed by atoms with Gasteiger partial charge in [-0.2, -0.15) is 0 Å². The first-order chi connectivity index (χ1) is 17.7. The van der Waals surface area contributed by atoms with Crippen molar-refractivity contribution in [1.29, 1.82) is 0 Å². The summed E-state index contributed by atoms with van der Waals surface area (Å²) in [6.45, 7) is 21.0. The summed E-state index contributed by atoms with van der Waals surface area (Å²) >= 11 is 0. The Bertz CT molecular complexity index is 970. The van der Waals surface area contributed by atoms with E-state index in [4.69, 9.17) is 9.47 Å². The molecule has 3 unspecified atom stereocenters. The molecule has 0 heterocycles. The number of hydrogen-bond acceptors (Lipinski definition) is 4. The molecule has 4 nitrogen and oxygen atoms in total. The number of allylic oxidation sites excluding steroid dienone is 2. The largest absolute Gasteiger partial charge is 0.450 e. The number of carbonyl (C=O) groups excluding carboxylic acids is 2. The molecule has 0 aromatic heterocycles. The summed E-state index contributed by atoms with van der Waals surface area (Å²) in [7, 11) is 0. The highest BCUT2D eigenvalue weighted by Crippen LogP contribution is 2.82. The highest BCUT2D eigenvalue weighted by molar-refractivity contribution is 5.92. The van der Waals surface area contributed by atoms with E-state index in [0.717, 1.165) is 51.4 Å². The summed E-state index contributed by atoms with van der Waals surface area (Å²) in [5.74, 6) is 0.435. The Morgan fingerprint density at radius 3 is 2.21 bits per heavy atom. The van der Waals surface area contributed by atoms with Gasteiger partial charge >= 0.3 is 5.97 Å². The van der Waals surface area contributed by atoms with Crippen LogP contribution >= 0.6 is 0 Å². The minimum Gasteiger partial charge on any atom is -0.450 e. The van der Waals surface area contributed by atoms with E-state index in [1.54, 1.807) is 5.57 Å². The smallest absolute Gasteiger partial charge is 0.306 e. The molecule has 8 atom stereocenters. The third kappa shape index (κ3) is 3.85. The van der Waals surface area contributed by atoms with E-state index in [0.29, 0.717) is 18.8 Å². The first-order valence-corrected chi connectivity index (χ1v) is 15.8. The molecule has 0 aliphatic heterocycles. The lowest BCUT2D eigenvalue weighted by atomic mass is 9.30. The van der Waals surface area contributed by atoms with Crippen LogP contribution < -0.4 is 0 Å². The third-order valence-corrected chi connectivity index (χ3v) is 13.6. The van der Waals surface area contributed by atoms with Crippen molar-refractivity contribution in [3.05, 3.63) is 11.6 Å². The maximum Gasteiger partial charge on any atom is 0.306 e. The second-order valence-electron chi connectivity index (χ2n) is 14.7. The number of unbranched alkanes of at least 4 members (excludes halogenated alkanes) is 1. The summed E-state index contributed by atoms with van der Waals surface area (Å²) in [6.07, 6.45) is 13.9.